The van der Waals surface area contributed by atoms with E-state index >= 15 is 0 Å². The second-order valence-electron chi connectivity index (χ2n) is 6.87. The summed E-state index contributed by atoms with van der Waals surface area (Å²) in [6.07, 6.45) is 4.18. The highest BCUT2D eigenvalue weighted by atomic mass is 19.1. The number of amides is 2. The molecule has 0 saturated heterocycles. The van der Waals surface area contributed by atoms with Crippen LogP contribution < -0.4 is 10.6 Å². The summed E-state index contributed by atoms with van der Waals surface area (Å²) in [6, 6.07) is 15.7. The Balaban J connectivity index is 1.42. The number of rotatable bonds is 4. The molecule has 0 radical (unpaired) electrons. The van der Waals surface area contributed by atoms with Crippen molar-refractivity contribution in [2.75, 3.05) is 0 Å². The predicted molar refractivity (Wildman–Crippen MR) is 97.9 cm³/mol. The van der Waals surface area contributed by atoms with Crippen molar-refractivity contribution in [3.05, 3.63) is 71.0 Å². The molecular formula is C21H25FN2O. The Morgan fingerprint density at radius 3 is 2.48 bits per heavy atom. The normalized spacial score (nSPS) is 20.1. The molecule has 1 saturated carbocycles. The first kappa shape index (κ1) is 17.5. The lowest BCUT2D eigenvalue weighted by Crippen LogP contribution is -2.43. The van der Waals surface area contributed by atoms with Crippen LogP contribution in [0.1, 0.15) is 48.3 Å². The maximum Gasteiger partial charge on any atom is 0.315 e. The van der Waals surface area contributed by atoms with E-state index in [2.05, 4.69) is 34.9 Å². The van der Waals surface area contributed by atoms with Crippen LogP contribution in [0.3, 0.4) is 0 Å². The van der Waals surface area contributed by atoms with Crippen LogP contribution >= 0.6 is 0 Å². The van der Waals surface area contributed by atoms with Crippen molar-refractivity contribution in [1.82, 2.24) is 10.6 Å². The van der Waals surface area contributed by atoms with Crippen LogP contribution in [0.15, 0.2) is 48.5 Å². The third-order valence-corrected chi connectivity index (χ3v) is 5.02. The van der Waals surface area contributed by atoms with E-state index in [1.165, 1.54) is 11.6 Å². The van der Waals surface area contributed by atoms with Gasteiger partial charge < -0.3 is 10.6 Å². The first-order chi connectivity index (χ1) is 12.1. The zero-order valence-electron chi connectivity index (χ0n) is 14.6. The number of carbonyl (C=O) groups excluding carboxylic acids is 1. The summed E-state index contributed by atoms with van der Waals surface area (Å²) in [4.78, 5) is 12.1. The Morgan fingerprint density at radius 1 is 1.08 bits per heavy atom. The number of halogens is 1. The van der Waals surface area contributed by atoms with E-state index < -0.39 is 0 Å². The minimum absolute atomic E-state index is 0.177. The minimum Gasteiger partial charge on any atom is -0.335 e. The van der Waals surface area contributed by atoms with Gasteiger partial charge in [0.05, 0.1) is 0 Å². The largest absolute Gasteiger partial charge is 0.335 e. The van der Waals surface area contributed by atoms with Crippen LogP contribution in [0.25, 0.3) is 0 Å². The van der Waals surface area contributed by atoms with Crippen LogP contribution in [0.4, 0.5) is 9.18 Å². The summed E-state index contributed by atoms with van der Waals surface area (Å²) >= 11 is 0. The van der Waals surface area contributed by atoms with Crippen LogP contribution in [-0.2, 0) is 6.54 Å². The quantitative estimate of drug-likeness (QED) is 0.835. The summed E-state index contributed by atoms with van der Waals surface area (Å²) in [6.45, 7) is 2.06. The van der Waals surface area contributed by atoms with Gasteiger partial charge in [0.1, 0.15) is 5.82 Å². The monoisotopic (exact) mass is 340 g/mol. The molecule has 132 valence electrons. The molecule has 0 atom stereocenters. The van der Waals surface area contributed by atoms with E-state index in [9.17, 15) is 9.18 Å². The highest BCUT2D eigenvalue weighted by molar-refractivity contribution is 5.74. The average Bonchev–Trinajstić information content (AvgIpc) is 2.64. The highest BCUT2D eigenvalue weighted by Crippen LogP contribution is 2.32. The molecule has 0 heterocycles. The Morgan fingerprint density at radius 2 is 1.80 bits per heavy atom. The van der Waals surface area contributed by atoms with Gasteiger partial charge in [-0.25, -0.2) is 9.18 Å². The predicted octanol–water partition coefficient (Wildman–Crippen LogP) is 4.66. The summed E-state index contributed by atoms with van der Waals surface area (Å²) in [7, 11) is 0. The van der Waals surface area contributed by atoms with Crippen LogP contribution in [0.2, 0.25) is 0 Å². The number of aryl methyl sites for hydroxylation is 1. The van der Waals surface area contributed by atoms with Crippen LogP contribution in [0, 0.1) is 12.7 Å². The molecule has 1 fully saturated rings. The molecule has 3 nitrogen and oxygen atoms in total. The minimum atomic E-state index is -0.237. The number of hydrogen-bond donors (Lipinski definition) is 2. The first-order valence-electron chi connectivity index (χ1n) is 8.96. The molecular weight excluding hydrogens is 315 g/mol. The number of hydrogen-bond acceptors (Lipinski definition) is 1. The fourth-order valence-corrected chi connectivity index (χ4v) is 3.46. The van der Waals surface area contributed by atoms with Crippen molar-refractivity contribution >= 4 is 6.03 Å². The van der Waals surface area contributed by atoms with Gasteiger partial charge in [-0.15, -0.1) is 0 Å². The Bertz CT molecular complexity index is 709. The molecule has 1 aliphatic rings. The van der Waals surface area contributed by atoms with Gasteiger partial charge in [0.2, 0.25) is 0 Å². The molecule has 0 aliphatic heterocycles. The molecule has 0 spiro atoms. The van der Waals surface area contributed by atoms with Crippen molar-refractivity contribution in [3.8, 4) is 0 Å². The van der Waals surface area contributed by atoms with Gasteiger partial charge in [-0.05, 0) is 61.3 Å². The molecule has 0 unspecified atom stereocenters. The number of benzene rings is 2. The van der Waals surface area contributed by atoms with E-state index in [1.807, 2.05) is 12.1 Å². The van der Waals surface area contributed by atoms with Gasteiger partial charge in [-0.1, -0.05) is 42.5 Å². The van der Waals surface area contributed by atoms with Gasteiger partial charge in [0.15, 0.2) is 0 Å². The molecule has 2 aromatic rings. The summed E-state index contributed by atoms with van der Waals surface area (Å²) < 4.78 is 13.5. The number of nitrogens with one attached hydrogen (secondary N) is 2. The van der Waals surface area contributed by atoms with E-state index in [-0.39, 0.29) is 17.9 Å². The molecule has 2 N–H and O–H groups in total. The molecule has 25 heavy (non-hydrogen) atoms. The SMILES string of the molecule is Cc1ccc(CNC(=O)NC2CCC(c3ccccc3)CC2)cc1F. The Labute approximate surface area is 148 Å². The van der Waals surface area contributed by atoms with Gasteiger partial charge in [-0.2, -0.15) is 0 Å². The lowest BCUT2D eigenvalue weighted by molar-refractivity contribution is 0.231. The number of carbonyl (C=O) groups is 1. The van der Waals surface area contributed by atoms with Crippen molar-refractivity contribution in [2.24, 2.45) is 0 Å². The zero-order chi connectivity index (χ0) is 17.6. The fraction of sp³-hybridized carbons (Fsp3) is 0.381. The molecule has 0 aromatic heterocycles. The lowest BCUT2D eigenvalue weighted by atomic mass is 9.82. The molecule has 3 rings (SSSR count). The maximum absolute atomic E-state index is 13.5. The second kappa shape index (κ2) is 8.15. The number of urea groups is 1. The third-order valence-electron chi connectivity index (χ3n) is 5.02. The van der Waals surface area contributed by atoms with Crippen LogP contribution in [-0.4, -0.2) is 12.1 Å². The van der Waals surface area contributed by atoms with E-state index in [1.54, 1.807) is 13.0 Å². The van der Waals surface area contributed by atoms with E-state index in [4.69, 9.17) is 0 Å². The first-order valence-corrected chi connectivity index (χ1v) is 8.96. The summed E-state index contributed by atoms with van der Waals surface area (Å²) in [5, 5.41) is 5.86. The van der Waals surface area contributed by atoms with E-state index in [0.29, 0.717) is 18.0 Å². The van der Waals surface area contributed by atoms with Gasteiger partial charge in [-0.3, -0.25) is 0 Å². The Kier molecular flexibility index (Phi) is 5.69. The third kappa shape index (κ3) is 4.81. The van der Waals surface area contributed by atoms with Crippen molar-refractivity contribution in [2.45, 2.75) is 51.1 Å². The average molecular weight is 340 g/mol. The summed E-state index contributed by atoms with van der Waals surface area (Å²) in [5.74, 6) is 0.358. The molecule has 0 bridgehead atoms. The van der Waals surface area contributed by atoms with Gasteiger partial charge in [0.25, 0.3) is 0 Å². The lowest BCUT2D eigenvalue weighted by Gasteiger charge is -2.29. The smallest absolute Gasteiger partial charge is 0.315 e. The van der Waals surface area contributed by atoms with Crippen molar-refractivity contribution in [1.29, 1.82) is 0 Å². The fourth-order valence-electron chi connectivity index (χ4n) is 3.46. The topological polar surface area (TPSA) is 41.1 Å². The second-order valence-corrected chi connectivity index (χ2v) is 6.87. The highest BCUT2D eigenvalue weighted by Gasteiger charge is 2.23. The van der Waals surface area contributed by atoms with Crippen molar-refractivity contribution < 1.29 is 9.18 Å². The van der Waals surface area contributed by atoms with Gasteiger partial charge in [0, 0.05) is 12.6 Å². The molecule has 2 amide bonds. The van der Waals surface area contributed by atoms with E-state index in [0.717, 1.165) is 31.2 Å². The molecule has 4 heteroatoms. The van der Waals surface area contributed by atoms with Crippen molar-refractivity contribution in [3.63, 3.8) is 0 Å². The van der Waals surface area contributed by atoms with Gasteiger partial charge >= 0.3 is 6.03 Å². The Hall–Kier alpha value is -2.36. The summed E-state index contributed by atoms with van der Waals surface area (Å²) in [5.41, 5.74) is 2.78. The molecule has 2 aromatic carbocycles. The maximum atomic E-state index is 13.5. The molecule has 1 aliphatic carbocycles. The standard InChI is InChI=1S/C21H25FN2O/c1-15-7-8-16(13-20(15)22)14-23-21(25)24-19-11-9-18(10-12-19)17-5-3-2-4-6-17/h2-8,13,18-19H,9-12,14H2,1H3,(H2,23,24,25). The zero-order valence-corrected chi connectivity index (χ0v) is 14.6. The van der Waals surface area contributed by atoms with Crippen LogP contribution in [0.5, 0.6) is 0 Å².